The van der Waals surface area contributed by atoms with E-state index < -0.39 is 30.6 Å². The third-order valence-electron chi connectivity index (χ3n) is 2.33. The lowest BCUT2D eigenvalue weighted by Crippen LogP contribution is -2.18. The second kappa shape index (κ2) is 6.90. The summed E-state index contributed by atoms with van der Waals surface area (Å²) in [5.74, 6) is -3.33. The maximum absolute atomic E-state index is 13.9. The van der Waals surface area contributed by atoms with Gasteiger partial charge in [-0.15, -0.1) is 0 Å². The van der Waals surface area contributed by atoms with E-state index in [1.165, 1.54) is 6.07 Å². The summed E-state index contributed by atoms with van der Waals surface area (Å²) in [7, 11) is -3.83. The molecule has 0 spiro atoms. The van der Waals surface area contributed by atoms with E-state index >= 15 is 0 Å². The van der Waals surface area contributed by atoms with Crippen molar-refractivity contribution in [1.29, 1.82) is 0 Å². The predicted octanol–water partition coefficient (Wildman–Crippen LogP) is 3.95. The Morgan fingerprint density at radius 1 is 1.32 bits per heavy atom. The van der Waals surface area contributed by atoms with E-state index in [1.807, 2.05) is 0 Å². The van der Waals surface area contributed by atoms with Gasteiger partial charge in [-0.05, 0) is 41.9 Å². The highest BCUT2D eigenvalue weighted by molar-refractivity contribution is 9.10. The van der Waals surface area contributed by atoms with Crippen LogP contribution in [0.5, 0.6) is 0 Å². The summed E-state index contributed by atoms with van der Waals surface area (Å²) >= 11 is 2.92. The topological polar surface area (TPSA) is 61.5 Å². The predicted molar refractivity (Wildman–Crippen MR) is 71.8 cm³/mol. The van der Waals surface area contributed by atoms with Gasteiger partial charge in [-0.25, -0.2) is 8.78 Å². The van der Waals surface area contributed by atoms with Crippen molar-refractivity contribution in [3.63, 3.8) is 0 Å². The van der Waals surface area contributed by atoms with Gasteiger partial charge in [0.2, 0.25) is 0 Å². The first kappa shape index (κ1) is 16.7. The van der Waals surface area contributed by atoms with E-state index in [0.717, 1.165) is 6.07 Å². The molecule has 0 saturated heterocycles. The van der Waals surface area contributed by atoms with E-state index in [4.69, 9.17) is 14.8 Å². The van der Waals surface area contributed by atoms with Crippen molar-refractivity contribution >= 4 is 23.5 Å². The van der Waals surface area contributed by atoms with Crippen LogP contribution in [0, 0.1) is 11.6 Å². The van der Waals surface area contributed by atoms with Crippen LogP contribution in [0.4, 0.5) is 8.78 Å². The number of nitrogens with two attached hydrogens (primary N) is 1. The van der Waals surface area contributed by atoms with E-state index in [2.05, 4.69) is 15.9 Å². The molecule has 1 atom stereocenters. The van der Waals surface area contributed by atoms with E-state index in [0.29, 0.717) is 0 Å². The van der Waals surface area contributed by atoms with Crippen LogP contribution in [0.2, 0.25) is 0 Å². The molecule has 0 unspecified atom stereocenters. The van der Waals surface area contributed by atoms with Crippen molar-refractivity contribution in [1.82, 2.24) is 0 Å². The second-order valence-corrected chi connectivity index (χ2v) is 6.58. The van der Waals surface area contributed by atoms with Gasteiger partial charge in [-0.3, -0.25) is 4.57 Å². The number of hydrogen-bond donors (Lipinski definition) is 1. The molecule has 0 heterocycles. The van der Waals surface area contributed by atoms with Gasteiger partial charge in [0.25, 0.3) is 0 Å². The highest BCUT2D eigenvalue weighted by Gasteiger charge is 2.37. The number of rotatable bonds is 6. The van der Waals surface area contributed by atoms with Gasteiger partial charge in [0.05, 0.1) is 23.2 Å². The van der Waals surface area contributed by atoms with Crippen molar-refractivity contribution in [2.75, 3.05) is 13.2 Å². The standard InChI is InChI=1S/C11H15BrF2NO3P/c1-3-17-19(16,18-4-2)11(15)9-8(13)6-5-7(12)10(9)14/h5-6,11H,3-4,15H2,1-2H3/t11-/m0/s1. The zero-order chi connectivity index (χ0) is 14.6. The monoisotopic (exact) mass is 357 g/mol. The third kappa shape index (κ3) is 3.61. The summed E-state index contributed by atoms with van der Waals surface area (Å²) in [4.78, 5) is 0. The molecule has 19 heavy (non-hydrogen) atoms. The van der Waals surface area contributed by atoms with Gasteiger partial charge >= 0.3 is 7.60 Å². The number of hydrogen-bond acceptors (Lipinski definition) is 4. The minimum atomic E-state index is -3.83. The summed E-state index contributed by atoms with van der Waals surface area (Å²) in [6.07, 6.45) is 0. The van der Waals surface area contributed by atoms with Crippen LogP contribution in [0.3, 0.4) is 0 Å². The number of benzene rings is 1. The van der Waals surface area contributed by atoms with E-state index in [-0.39, 0.29) is 17.7 Å². The zero-order valence-corrected chi connectivity index (χ0v) is 13.0. The maximum Gasteiger partial charge on any atom is 0.351 e. The van der Waals surface area contributed by atoms with Gasteiger partial charge in [0.15, 0.2) is 0 Å². The maximum atomic E-state index is 13.9. The van der Waals surface area contributed by atoms with Gasteiger partial charge in [0, 0.05) is 0 Å². The van der Waals surface area contributed by atoms with Crippen molar-refractivity contribution < 1.29 is 22.4 Å². The van der Waals surface area contributed by atoms with Crippen LogP contribution in [0.1, 0.15) is 25.2 Å². The van der Waals surface area contributed by atoms with E-state index in [9.17, 15) is 13.3 Å². The van der Waals surface area contributed by atoms with Gasteiger partial charge in [-0.2, -0.15) is 0 Å². The lowest BCUT2D eigenvalue weighted by atomic mass is 10.2. The van der Waals surface area contributed by atoms with E-state index in [1.54, 1.807) is 13.8 Å². The molecule has 0 aliphatic rings. The molecule has 1 rings (SSSR count). The third-order valence-corrected chi connectivity index (χ3v) is 5.12. The highest BCUT2D eigenvalue weighted by atomic mass is 79.9. The molecule has 0 aliphatic heterocycles. The Morgan fingerprint density at radius 2 is 1.84 bits per heavy atom. The Morgan fingerprint density at radius 3 is 2.32 bits per heavy atom. The smallest absolute Gasteiger partial charge is 0.314 e. The molecule has 0 aromatic heterocycles. The summed E-state index contributed by atoms with van der Waals surface area (Å²) in [6.45, 7) is 3.29. The fourth-order valence-corrected chi connectivity index (χ4v) is 3.54. The van der Waals surface area contributed by atoms with Gasteiger partial charge < -0.3 is 14.8 Å². The second-order valence-electron chi connectivity index (χ2n) is 3.58. The van der Waals surface area contributed by atoms with Crippen LogP contribution in [-0.4, -0.2) is 13.2 Å². The van der Waals surface area contributed by atoms with Gasteiger partial charge in [-0.1, -0.05) is 0 Å². The molecule has 0 bridgehead atoms. The highest BCUT2D eigenvalue weighted by Crippen LogP contribution is 2.59. The Balaban J connectivity index is 3.28. The molecule has 2 N–H and O–H groups in total. The fraction of sp³-hybridized carbons (Fsp3) is 0.455. The molecular weight excluding hydrogens is 343 g/mol. The first-order chi connectivity index (χ1) is 8.87. The van der Waals surface area contributed by atoms with Crippen LogP contribution >= 0.6 is 23.5 Å². The molecular formula is C11H15BrF2NO3P. The molecule has 0 aliphatic carbocycles. The summed E-state index contributed by atoms with van der Waals surface area (Å²) in [6, 6.07) is 2.23. The Hall–Kier alpha value is -0.330. The normalized spacial score (nSPS) is 13.6. The van der Waals surface area contributed by atoms with Crippen molar-refractivity contribution in [3.05, 3.63) is 33.8 Å². The molecule has 0 saturated carbocycles. The SMILES string of the molecule is CCOP(=O)(OCC)[C@H](N)c1c(F)ccc(Br)c1F. The van der Waals surface area contributed by atoms with Crippen molar-refractivity contribution in [3.8, 4) is 0 Å². The molecule has 0 amide bonds. The quantitative estimate of drug-likeness (QED) is 0.618. The molecule has 8 heteroatoms. The van der Waals surface area contributed by atoms with Crippen LogP contribution in [0.25, 0.3) is 0 Å². The molecule has 0 radical (unpaired) electrons. The zero-order valence-electron chi connectivity index (χ0n) is 10.5. The van der Waals surface area contributed by atoms with Crippen LogP contribution < -0.4 is 5.73 Å². The first-order valence-electron chi connectivity index (χ1n) is 5.65. The summed E-state index contributed by atoms with van der Waals surface area (Å²) in [5, 5.41) is 0. The Bertz CT molecular complexity index is 491. The first-order valence-corrected chi connectivity index (χ1v) is 8.05. The Labute approximate surface area is 118 Å². The molecule has 0 fully saturated rings. The molecule has 108 valence electrons. The fourth-order valence-electron chi connectivity index (χ4n) is 1.53. The lowest BCUT2D eigenvalue weighted by Gasteiger charge is -2.24. The summed E-state index contributed by atoms with van der Waals surface area (Å²) in [5.41, 5.74) is 5.19. The molecule has 1 aromatic rings. The average molecular weight is 358 g/mol. The van der Waals surface area contributed by atoms with Crippen LogP contribution in [-0.2, 0) is 13.6 Å². The lowest BCUT2D eigenvalue weighted by molar-refractivity contribution is 0.211. The Kier molecular flexibility index (Phi) is 6.08. The van der Waals surface area contributed by atoms with Crippen LogP contribution in [0.15, 0.2) is 16.6 Å². The van der Waals surface area contributed by atoms with Crippen molar-refractivity contribution in [2.24, 2.45) is 5.73 Å². The molecule has 1 aromatic carbocycles. The van der Waals surface area contributed by atoms with Gasteiger partial charge in [0.1, 0.15) is 17.4 Å². The number of halogens is 3. The minimum absolute atomic E-state index is 0.0268. The molecule has 4 nitrogen and oxygen atoms in total. The van der Waals surface area contributed by atoms with Crippen molar-refractivity contribution in [2.45, 2.75) is 19.6 Å². The minimum Gasteiger partial charge on any atom is -0.314 e. The largest absolute Gasteiger partial charge is 0.351 e. The summed E-state index contributed by atoms with van der Waals surface area (Å²) < 4.78 is 50.1. The average Bonchev–Trinajstić information content (AvgIpc) is 2.35.